The molecule has 2 rings (SSSR count). The van der Waals surface area contributed by atoms with E-state index in [9.17, 15) is 4.79 Å². The van der Waals surface area contributed by atoms with Gasteiger partial charge in [0.15, 0.2) is 0 Å². The Balaban J connectivity index is 1.74. The van der Waals surface area contributed by atoms with Crippen molar-refractivity contribution >= 4 is 5.91 Å². The quantitative estimate of drug-likeness (QED) is 0.877. The topological polar surface area (TPSA) is 64.7 Å². The molecule has 1 amide bonds. The molecule has 21 heavy (non-hydrogen) atoms. The van der Waals surface area contributed by atoms with E-state index < -0.39 is 0 Å². The lowest BCUT2D eigenvalue weighted by Crippen LogP contribution is -2.28. The van der Waals surface area contributed by atoms with E-state index in [-0.39, 0.29) is 5.91 Å². The summed E-state index contributed by atoms with van der Waals surface area (Å²) in [6.45, 7) is 10.0. The predicted molar refractivity (Wildman–Crippen MR) is 81.0 cm³/mol. The number of rotatable bonds is 6. The molecule has 0 radical (unpaired) electrons. The minimum absolute atomic E-state index is 0.0568. The van der Waals surface area contributed by atoms with Crippen molar-refractivity contribution in [3.63, 3.8) is 0 Å². The molecular weight excluding hydrogens is 266 g/mol. The third-order valence-electron chi connectivity index (χ3n) is 3.89. The van der Waals surface area contributed by atoms with Gasteiger partial charge in [0.25, 0.3) is 0 Å². The number of aryl methyl sites for hydroxylation is 3. The Morgan fingerprint density at radius 2 is 2.00 bits per heavy atom. The summed E-state index contributed by atoms with van der Waals surface area (Å²) in [5, 5.41) is 7.39. The Morgan fingerprint density at radius 3 is 2.57 bits per heavy atom. The highest BCUT2D eigenvalue weighted by Crippen LogP contribution is 2.10. The zero-order valence-electron chi connectivity index (χ0n) is 13.2. The van der Waals surface area contributed by atoms with Gasteiger partial charge >= 0.3 is 0 Å². The van der Waals surface area contributed by atoms with Crippen molar-refractivity contribution in [1.82, 2.24) is 24.6 Å². The number of hydrogen-bond acceptors (Lipinski definition) is 3. The Labute approximate surface area is 125 Å². The van der Waals surface area contributed by atoms with Crippen molar-refractivity contribution in [3.05, 3.63) is 35.2 Å². The van der Waals surface area contributed by atoms with E-state index in [0.29, 0.717) is 26.1 Å². The highest BCUT2D eigenvalue weighted by atomic mass is 16.1. The van der Waals surface area contributed by atoms with E-state index in [1.807, 2.05) is 29.3 Å². The minimum Gasteiger partial charge on any atom is -0.354 e. The van der Waals surface area contributed by atoms with Gasteiger partial charge in [0.05, 0.1) is 12.2 Å². The van der Waals surface area contributed by atoms with E-state index in [4.69, 9.17) is 0 Å². The van der Waals surface area contributed by atoms with Crippen LogP contribution in [0.2, 0.25) is 0 Å². The molecule has 0 saturated carbocycles. The number of amides is 1. The normalized spacial score (nSPS) is 10.9. The fraction of sp³-hybridized carbons (Fsp3) is 0.533. The summed E-state index contributed by atoms with van der Waals surface area (Å²) >= 11 is 0. The Morgan fingerprint density at radius 1 is 1.24 bits per heavy atom. The summed E-state index contributed by atoms with van der Waals surface area (Å²) in [7, 11) is 0. The minimum atomic E-state index is 0.0568. The van der Waals surface area contributed by atoms with E-state index in [1.165, 1.54) is 5.56 Å². The zero-order chi connectivity index (χ0) is 15.4. The lowest BCUT2D eigenvalue weighted by Gasteiger charge is -2.08. The second kappa shape index (κ2) is 6.56. The molecule has 0 spiro atoms. The zero-order valence-corrected chi connectivity index (χ0v) is 13.2. The molecule has 2 heterocycles. The summed E-state index contributed by atoms with van der Waals surface area (Å²) < 4.78 is 3.93. The van der Waals surface area contributed by atoms with Gasteiger partial charge in [0.2, 0.25) is 5.91 Å². The first-order valence-electron chi connectivity index (χ1n) is 7.24. The van der Waals surface area contributed by atoms with Crippen LogP contribution in [0.25, 0.3) is 0 Å². The molecule has 2 aromatic rings. The van der Waals surface area contributed by atoms with Crippen molar-refractivity contribution in [2.45, 2.75) is 47.2 Å². The number of hydrogen-bond donors (Lipinski definition) is 1. The van der Waals surface area contributed by atoms with Crippen LogP contribution in [0.4, 0.5) is 0 Å². The molecule has 6 heteroatoms. The summed E-state index contributed by atoms with van der Waals surface area (Å²) in [6, 6.07) is 0. The number of carbonyl (C=O) groups is 1. The van der Waals surface area contributed by atoms with Crippen LogP contribution in [0.15, 0.2) is 12.4 Å². The second-order valence-electron chi connectivity index (χ2n) is 5.29. The van der Waals surface area contributed by atoms with Crippen molar-refractivity contribution in [3.8, 4) is 0 Å². The number of aromatic nitrogens is 4. The number of nitrogens with zero attached hydrogens (tertiary/aromatic N) is 4. The van der Waals surface area contributed by atoms with Crippen LogP contribution in [0.5, 0.6) is 0 Å². The number of carbonyl (C=O) groups excluding carboxylic acids is 1. The SMILES string of the molecule is Cc1nn(CCNC(=O)CCn2ccnc2C)c(C)c1C. The van der Waals surface area contributed by atoms with Crippen molar-refractivity contribution < 1.29 is 4.79 Å². The van der Waals surface area contributed by atoms with E-state index >= 15 is 0 Å². The molecule has 0 aliphatic heterocycles. The van der Waals surface area contributed by atoms with Crippen LogP contribution in [-0.2, 0) is 17.9 Å². The maximum atomic E-state index is 11.8. The maximum Gasteiger partial charge on any atom is 0.221 e. The van der Waals surface area contributed by atoms with Crippen LogP contribution in [0.3, 0.4) is 0 Å². The number of imidazole rings is 1. The van der Waals surface area contributed by atoms with Gasteiger partial charge in [0.1, 0.15) is 5.82 Å². The molecule has 0 atom stereocenters. The Kier molecular flexibility index (Phi) is 4.77. The van der Waals surface area contributed by atoms with E-state index in [2.05, 4.69) is 29.2 Å². The first kappa shape index (κ1) is 15.3. The van der Waals surface area contributed by atoms with Crippen LogP contribution < -0.4 is 5.32 Å². The Hall–Kier alpha value is -2.11. The molecule has 0 aliphatic carbocycles. The van der Waals surface area contributed by atoms with Crippen LogP contribution in [-0.4, -0.2) is 31.8 Å². The van der Waals surface area contributed by atoms with Crippen molar-refractivity contribution in [2.24, 2.45) is 0 Å². The van der Waals surface area contributed by atoms with Crippen molar-refractivity contribution in [2.75, 3.05) is 6.54 Å². The molecule has 0 unspecified atom stereocenters. The summed E-state index contributed by atoms with van der Waals surface area (Å²) in [5.41, 5.74) is 3.43. The van der Waals surface area contributed by atoms with Crippen molar-refractivity contribution in [1.29, 1.82) is 0 Å². The molecule has 0 bridgehead atoms. The molecular formula is C15H23N5O. The molecule has 114 valence electrons. The van der Waals surface area contributed by atoms with E-state index in [1.54, 1.807) is 6.20 Å². The highest BCUT2D eigenvalue weighted by Gasteiger charge is 2.07. The average Bonchev–Trinajstić information content (AvgIpc) is 2.96. The fourth-order valence-electron chi connectivity index (χ4n) is 2.26. The van der Waals surface area contributed by atoms with E-state index in [0.717, 1.165) is 17.2 Å². The van der Waals surface area contributed by atoms with Gasteiger partial charge < -0.3 is 9.88 Å². The standard InChI is InChI=1S/C15H23N5O/c1-11-12(2)18-20(13(11)3)10-7-17-15(21)5-8-19-9-6-16-14(19)4/h6,9H,5,7-8,10H2,1-4H3,(H,17,21). The van der Waals surface area contributed by atoms with Gasteiger partial charge in [0, 0.05) is 37.6 Å². The second-order valence-corrected chi connectivity index (χ2v) is 5.29. The summed E-state index contributed by atoms with van der Waals surface area (Å²) in [5.74, 6) is 0.988. The molecule has 0 saturated heterocycles. The smallest absolute Gasteiger partial charge is 0.221 e. The maximum absolute atomic E-state index is 11.8. The monoisotopic (exact) mass is 289 g/mol. The third-order valence-corrected chi connectivity index (χ3v) is 3.89. The van der Waals surface area contributed by atoms with Gasteiger partial charge in [-0.2, -0.15) is 5.10 Å². The van der Waals surface area contributed by atoms with Gasteiger partial charge in [-0.25, -0.2) is 4.98 Å². The first-order chi connectivity index (χ1) is 9.99. The molecule has 0 aliphatic rings. The molecule has 0 fully saturated rings. The average molecular weight is 289 g/mol. The number of nitrogens with one attached hydrogen (secondary N) is 1. The first-order valence-corrected chi connectivity index (χ1v) is 7.24. The predicted octanol–water partition coefficient (Wildman–Crippen LogP) is 1.52. The van der Waals surface area contributed by atoms with Gasteiger partial charge in [-0.15, -0.1) is 0 Å². The summed E-state index contributed by atoms with van der Waals surface area (Å²) in [6.07, 6.45) is 4.10. The Bertz CT molecular complexity index is 626. The fourth-order valence-corrected chi connectivity index (χ4v) is 2.26. The lowest BCUT2D eigenvalue weighted by atomic mass is 10.2. The molecule has 1 N–H and O–H groups in total. The summed E-state index contributed by atoms with van der Waals surface area (Å²) in [4.78, 5) is 16.0. The van der Waals surface area contributed by atoms with Crippen LogP contribution in [0, 0.1) is 27.7 Å². The lowest BCUT2D eigenvalue weighted by molar-refractivity contribution is -0.121. The van der Waals surface area contributed by atoms with Crippen LogP contribution in [0.1, 0.15) is 29.2 Å². The largest absolute Gasteiger partial charge is 0.354 e. The van der Waals surface area contributed by atoms with Crippen LogP contribution >= 0.6 is 0 Å². The third kappa shape index (κ3) is 3.71. The van der Waals surface area contributed by atoms with Gasteiger partial charge in [-0.1, -0.05) is 0 Å². The van der Waals surface area contributed by atoms with Gasteiger partial charge in [-0.3, -0.25) is 9.48 Å². The molecule has 2 aromatic heterocycles. The van der Waals surface area contributed by atoms with Gasteiger partial charge in [-0.05, 0) is 33.3 Å². The molecule has 6 nitrogen and oxygen atoms in total. The molecule has 0 aromatic carbocycles. The highest BCUT2D eigenvalue weighted by molar-refractivity contribution is 5.75.